The molecule has 84 valence electrons. The van der Waals surface area contributed by atoms with Crippen molar-refractivity contribution in [1.82, 2.24) is 4.90 Å². The molecule has 15 heavy (non-hydrogen) atoms. The largest absolute Gasteiger partial charge is 0.306 e. The number of hydrogen-bond donors (Lipinski definition) is 0. The summed E-state index contributed by atoms with van der Waals surface area (Å²) in [6.45, 7) is 4.38. The van der Waals surface area contributed by atoms with Crippen LogP contribution in [0.3, 0.4) is 0 Å². The number of rotatable bonds is 6. The average molecular weight is 226 g/mol. The number of hydrogen-bond acceptors (Lipinski definition) is 1. The quantitative estimate of drug-likeness (QED) is 0.673. The molecule has 1 rings (SSSR count). The number of alkyl halides is 1. The van der Waals surface area contributed by atoms with E-state index in [2.05, 4.69) is 43.1 Å². The predicted molar refractivity (Wildman–Crippen MR) is 67.7 cm³/mol. The van der Waals surface area contributed by atoms with Crippen molar-refractivity contribution in [2.45, 2.75) is 19.8 Å². The van der Waals surface area contributed by atoms with Crippen molar-refractivity contribution in [3.8, 4) is 0 Å². The van der Waals surface area contributed by atoms with E-state index in [1.807, 2.05) is 0 Å². The molecule has 1 aromatic rings. The Morgan fingerprint density at radius 1 is 1.20 bits per heavy atom. The van der Waals surface area contributed by atoms with Crippen molar-refractivity contribution < 1.29 is 0 Å². The highest BCUT2D eigenvalue weighted by Gasteiger charge is 2.00. The van der Waals surface area contributed by atoms with E-state index in [1.54, 1.807) is 0 Å². The van der Waals surface area contributed by atoms with Gasteiger partial charge in [-0.3, -0.25) is 0 Å². The van der Waals surface area contributed by atoms with Crippen LogP contribution in [0.5, 0.6) is 0 Å². The average Bonchev–Trinajstić information content (AvgIpc) is 2.25. The lowest BCUT2D eigenvalue weighted by atomic mass is 10.1. The van der Waals surface area contributed by atoms with Crippen LogP contribution in [0, 0.1) is 6.92 Å². The first-order valence-electron chi connectivity index (χ1n) is 5.53. The van der Waals surface area contributed by atoms with Gasteiger partial charge in [0.1, 0.15) is 0 Å². The summed E-state index contributed by atoms with van der Waals surface area (Å²) in [5.74, 6) is 0.759. The van der Waals surface area contributed by atoms with Gasteiger partial charge in [0.15, 0.2) is 0 Å². The van der Waals surface area contributed by atoms with Crippen LogP contribution >= 0.6 is 11.6 Å². The molecule has 0 aliphatic rings. The first-order valence-corrected chi connectivity index (χ1v) is 6.06. The Morgan fingerprint density at radius 2 is 1.93 bits per heavy atom. The van der Waals surface area contributed by atoms with Gasteiger partial charge in [-0.15, -0.1) is 11.6 Å². The summed E-state index contributed by atoms with van der Waals surface area (Å²) in [7, 11) is 2.16. The van der Waals surface area contributed by atoms with Gasteiger partial charge in [0.05, 0.1) is 0 Å². The van der Waals surface area contributed by atoms with E-state index in [-0.39, 0.29) is 0 Å². The first kappa shape index (κ1) is 12.5. The number of nitrogens with zero attached hydrogens (tertiary/aromatic N) is 1. The molecule has 0 fully saturated rings. The van der Waals surface area contributed by atoms with Crippen molar-refractivity contribution in [2.75, 3.05) is 26.0 Å². The van der Waals surface area contributed by atoms with Gasteiger partial charge in [0.2, 0.25) is 0 Å². The summed E-state index contributed by atoms with van der Waals surface area (Å²) in [4.78, 5) is 2.34. The summed E-state index contributed by atoms with van der Waals surface area (Å²) < 4.78 is 0. The maximum absolute atomic E-state index is 5.66. The highest BCUT2D eigenvalue weighted by Crippen LogP contribution is 2.08. The molecular weight excluding hydrogens is 206 g/mol. The molecular formula is C13H20ClN. The zero-order valence-electron chi connectivity index (χ0n) is 9.67. The van der Waals surface area contributed by atoms with E-state index >= 15 is 0 Å². The van der Waals surface area contributed by atoms with E-state index in [9.17, 15) is 0 Å². The summed E-state index contributed by atoms with van der Waals surface area (Å²) in [6, 6.07) is 8.59. The summed E-state index contributed by atoms with van der Waals surface area (Å²) >= 11 is 5.66. The fourth-order valence-electron chi connectivity index (χ4n) is 1.64. The third kappa shape index (κ3) is 4.67. The topological polar surface area (TPSA) is 3.24 Å². The van der Waals surface area contributed by atoms with Crippen LogP contribution in [-0.2, 0) is 6.42 Å². The molecule has 0 amide bonds. The SMILES string of the molecule is Cc1ccccc1CCN(C)CCCCl. The van der Waals surface area contributed by atoms with Gasteiger partial charge in [0, 0.05) is 12.4 Å². The van der Waals surface area contributed by atoms with Gasteiger partial charge in [0.25, 0.3) is 0 Å². The van der Waals surface area contributed by atoms with Crippen LogP contribution in [0.1, 0.15) is 17.5 Å². The number of benzene rings is 1. The lowest BCUT2D eigenvalue weighted by Crippen LogP contribution is -2.22. The minimum atomic E-state index is 0.759. The Labute approximate surface area is 98.0 Å². The Morgan fingerprint density at radius 3 is 2.60 bits per heavy atom. The van der Waals surface area contributed by atoms with Crippen LogP contribution < -0.4 is 0 Å². The number of aryl methyl sites for hydroxylation is 1. The van der Waals surface area contributed by atoms with Gasteiger partial charge in [-0.05, 0) is 44.5 Å². The van der Waals surface area contributed by atoms with Gasteiger partial charge in [-0.1, -0.05) is 24.3 Å². The molecule has 2 heteroatoms. The standard InChI is InChI=1S/C13H20ClN/c1-12-6-3-4-7-13(12)8-11-15(2)10-5-9-14/h3-4,6-7H,5,8-11H2,1-2H3. The minimum absolute atomic E-state index is 0.759. The Hall–Kier alpha value is -0.530. The summed E-state index contributed by atoms with van der Waals surface area (Å²) in [5.41, 5.74) is 2.85. The van der Waals surface area contributed by atoms with Crippen molar-refractivity contribution in [2.24, 2.45) is 0 Å². The highest BCUT2D eigenvalue weighted by molar-refractivity contribution is 6.17. The zero-order chi connectivity index (χ0) is 11.1. The van der Waals surface area contributed by atoms with E-state index in [0.29, 0.717) is 0 Å². The Balaban J connectivity index is 2.33. The maximum atomic E-state index is 5.66. The molecule has 0 aliphatic heterocycles. The molecule has 0 bridgehead atoms. The fourth-order valence-corrected chi connectivity index (χ4v) is 1.76. The predicted octanol–water partition coefficient (Wildman–Crippen LogP) is 3.10. The molecule has 0 spiro atoms. The van der Waals surface area contributed by atoms with E-state index in [0.717, 1.165) is 31.8 Å². The van der Waals surface area contributed by atoms with Crippen LogP contribution in [-0.4, -0.2) is 30.9 Å². The highest BCUT2D eigenvalue weighted by atomic mass is 35.5. The number of halogens is 1. The molecule has 0 N–H and O–H groups in total. The summed E-state index contributed by atoms with van der Waals surface area (Å²) in [5, 5.41) is 0. The molecule has 0 atom stereocenters. The van der Waals surface area contributed by atoms with E-state index < -0.39 is 0 Å². The van der Waals surface area contributed by atoms with E-state index in [4.69, 9.17) is 11.6 Å². The van der Waals surface area contributed by atoms with Gasteiger partial charge >= 0.3 is 0 Å². The fraction of sp³-hybridized carbons (Fsp3) is 0.538. The lowest BCUT2D eigenvalue weighted by molar-refractivity contribution is 0.339. The molecule has 0 radical (unpaired) electrons. The Bertz CT molecular complexity index is 286. The molecule has 0 aliphatic carbocycles. The van der Waals surface area contributed by atoms with Gasteiger partial charge in [-0.25, -0.2) is 0 Å². The normalized spacial score (nSPS) is 10.9. The second-order valence-electron chi connectivity index (χ2n) is 4.02. The molecule has 0 heterocycles. The monoisotopic (exact) mass is 225 g/mol. The third-order valence-corrected chi connectivity index (χ3v) is 2.96. The van der Waals surface area contributed by atoms with Crippen molar-refractivity contribution in [1.29, 1.82) is 0 Å². The second kappa shape index (κ2) is 6.86. The second-order valence-corrected chi connectivity index (χ2v) is 4.40. The summed E-state index contributed by atoms with van der Waals surface area (Å²) in [6.07, 6.45) is 2.21. The van der Waals surface area contributed by atoms with Crippen molar-refractivity contribution >= 4 is 11.6 Å². The molecule has 0 saturated heterocycles. The van der Waals surface area contributed by atoms with Gasteiger partial charge in [-0.2, -0.15) is 0 Å². The first-order chi connectivity index (χ1) is 7.24. The third-order valence-electron chi connectivity index (χ3n) is 2.70. The van der Waals surface area contributed by atoms with Crippen LogP contribution in [0.4, 0.5) is 0 Å². The molecule has 1 aromatic carbocycles. The van der Waals surface area contributed by atoms with E-state index in [1.165, 1.54) is 11.1 Å². The van der Waals surface area contributed by atoms with Crippen LogP contribution in [0.15, 0.2) is 24.3 Å². The maximum Gasteiger partial charge on any atom is 0.0235 e. The van der Waals surface area contributed by atoms with Gasteiger partial charge < -0.3 is 4.90 Å². The zero-order valence-corrected chi connectivity index (χ0v) is 10.4. The molecule has 0 aromatic heterocycles. The molecule has 0 unspecified atom stereocenters. The lowest BCUT2D eigenvalue weighted by Gasteiger charge is -2.16. The Kier molecular flexibility index (Phi) is 5.74. The smallest absolute Gasteiger partial charge is 0.0235 e. The minimum Gasteiger partial charge on any atom is -0.306 e. The van der Waals surface area contributed by atoms with Crippen LogP contribution in [0.2, 0.25) is 0 Å². The van der Waals surface area contributed by atoms with Crippen molar-refractivity contribution in [3.05, 3.63) is 35.4 Å². The molecule has 0 saturated carbocycles. The van der Waals surface area contributed by atoms with Crippen LogP contribution in [0.25, 0.3) is 0 Å². The van der Waals surface area contributed by atoms with Crippen molar-refractivity contribution in [3.63, 3.8) is 0 Å². The molecule has 1 nitrogen and oxygen atoms in total. The number of likely N-dealkylation sites (N-methyl/N-ethyl adjacent to an activating group) is 1.